The minimum Gasteiger partial charge on any atom is -0.492 e. The molecular weight excluding hydrogens is 259 g/mol. The van der Waals surface area contributed by atoms with Gasteiger partial charge >= 0.3 is 0 Å². The van der Waals surface area contributed by atoms with Gasteiger partial charge in [0.2, 0.25) is 5.91 Å². The van der Waals surface area contributed by atoms with Gasteiger partial charge in [-0.2, -0.15) is 0 Å². The van der Waals surface area contributed by atoms with E-state index in [2.05, 4.69) is 5.32 Å². The molecule has 1 fully saturated rings. The maximum Gasteiger partial charge on any atom is 0.220 e. The molecule has 20 heavy (non-hydrogen) atoms. The van der Waals surface area contributed by atoms with Gasteiger partial charge in [-0.1, -0.05) is 12.5 Å². The summed E-state index contributed by atoms with van der Waals surface area (Å²) in [6.45, 7) is 0.739. The predicted octanol–water partition coefficient (Wildman–Crippen LogP) is 1.84. The third-order valence-corrected chi connectivity index (χ3v) is 3.65. The zero-order chi connectivity index (χ0) is 14.4. The van der Waals surface area contributed by atoms with Gasteiger partial charge in [-0.3, -0.25) is 4.79 Å². The van der Waals surface area contributed by atoms with Crippen LogP contribution in [0.3, 0.4) is 0 Å². The van der Waals surface area contributed by atoms with Gasteiger partial charge in [-0.25, -0.2) is 4.39 Å². The van der Waals surface area contributed by atoms with E-state index >= 15 is 0 Å². The van der Waals surface area contributed by atoms with E-state index in [-0.39, 0.29) is 17.8 Å². The zero-order valence-corrected chi connectivity index (χ0v) is 11.5. The highest BCUT2D eigenvalue weighted by molar-refractivity contribution is 5.76. The van der Waals surface area contributed by atoms with Gasteiger partial charge in [0.15, 0.2) is 0 Å². The van der Waals surface area contributed by atoms with Crippen LogP contribution >= 0.6 is 0 Å². The summed E-state index contributed by atoms with van der Waals surface area (Å²) in [6, 6.07) is 6.11. The Kier molecular flexibility index (Phi) is 5.35. The van der Waals surface area contributed by atoms with E-state index in [1.165, 1.54) is 12.1 Å². The van der Waals surface area contributed by atoms with Gasteiger partial charge in [0.1, 0.15) is 18.2 Å². The Labute approximate surface area is 118 Å². The van der Waals surface area contributed by atoms with Crippen molar-refractivity contribution in [1.29, 1.82) is 0 Å². The molecule has 0 bridgehead atoms. The predicted molar refractivity (Wildman–Crippen MR) is 74.8 cm³/mol. The summed E-state index contributed by atoms with van der Waals surface area (Å²) < 4.78 is 18.3. The number of nitrogens with two attached hydrogens (primary N) is 1. The molecule has 1 amide bonds. The van der Waals surface area contributed by atoms with Crippen molar-refractivity contribution in [1.82, 2.24) is 5.32 Å². The molecule has 0 aromatic heterocycles. The van der Waals surface area contributed by atoms with Crippen LogP contribution in [0.1, 0.15) is 25.7 Å². The van der Waals surface area contributed by atoms with Gasteiger partial charge in [0.25, 0.3) is 0 Å². The molecule has 110 valence electrons. The molecule has 2 rings (SSSR count). The lowest BCUT2D eigenvalue weighted by atomic mass is 10.00. The van der Waals surface area contributed by atoms with Crippen LogP contribution in [-0.4, -0.2) is 25.1 Å². The highest BCUT2D eigenvalue weighted by Crippen LogP contribution is 2.26. The second-order valence-electron chi connectivity index (χ2n) is 5.21. The summed E-state index contributed by atoms with van der Waals surface area (Å²) in [5, 5.41) is 2.80. The van der Waals surface area contributed by atoms with Gasteiger partial charge in [0.05, 0.1) is 6.54 Å². The minimum atomic E-state index is -0.332. The van der Waals surface area contributed by atoms with Gasteiger partial charge < -0.3 is 15.8 Å². The standard InChI is InChI=1S/C15H21FN2O2/c16-12-4-2-5-13(10-12)20-8-7-18-15(19)9-11-3-1-6-14(11)17/h2,4-5,10-11,14H,1,3,6-9,17H2,(H,18,19)/t11-,14+/m0/s1. The smallest absolute Gasteiger partial charge is 0.220 e. The number of carbonyl (C=O) groups excluding carboxylic acids is 1. The molecule has 0 heterocycles. The number of ether oxygens (including phenoxy) is 1. The van der Waals surface area contributed by atoms with Crippen LogP contribution in [0.25, 0.3) is 0 Å². The first-order valence-corrected chi connectivity index (χ1v) is 7.06. The first kappa shape index (κ1) is 14.8. The maximum atomic E-state index is 12.9. The average molecular weight is 280 g/mol. The number of carbonyl (C=O) groups is 1. The van der Waals surface area contributed by atoms with E-state index < -0.39 is 0 Å². The van der Waals surface area contributed by atoms with E-state index in [1.54, 1.807) is 12.1 Å². The Hall–Kier alpha value is -1.62. The van der Waals surface area contributed by atoms with Crippen LogP contribution in [0, 0.1) is 11.7 Å². The zero-order valence-electron chi connectivity index (χ0n) is 11.5. The molecule has 4 nitrogen and oxygen atoms in total. The molecule has 1 aromatic rings. The summed E-state index contributed by atoms with van der Waals surface area (Å²) in [4.78, 5) is 11.7. The molecule has 1 saturated carbocycles. The quantitative estimate of drug-likeness (QED) is 0.781. The fraction of sp³-hybridized carbons (Fsp3) is 0.533. The van der Waals surface area contributed by atoms with Crippen molar-refractivity contribution >= 4 is 5.91 Å². The Morgan fingerprint density at radius 3 is 3.00 bits per heavy atom. The highest BCUT2D eigenvalue weighted by atomic mass is 19.1. The van der Waals surface area contributed by atoms with Crippen LogP contribution in [0.2, 0.25) is 0 Å². The number of nitrogens with one attached hydrogen (secondary N) is 1. The van der Waals surface area contributed by atoms with Crippen molar-refractivity contribution in [3.63, 3.8) is 0 Å². The highest BCUT2D eigenvalue weighted by Gasteiger charge is 2.25. The molecule has 1 aromatic carbocycles. The van der Waals surface area contributed by atoms with Crippen LogP contribution in [0.15, 0.2) is 24.3 Å². The van der Waals surface area contributed by atoms with Gasteiger partial charge in [0, 0.05) is 18.5 Å². The van der Waals surface area contributed by atoms with E-state index in [0.29, 0.717) is 31.2 Å². The molecule has 0 saturated heterocycles. The summed E-state index contributed by atoms with van der Waals surface area (Å²) >= 11 is 0. The number of hydrogen-bond donors (Lipinski definition) is 2. The third kappa shape index (κ3) is 4.49. The van der Waals surface area contributed by atoms with Crippen molar-refractivity contribution < 1.29 is 13.9 Å². The SMILES string of the molecule is N[C@@H]1CCC[C@H]1CC(=O)NCCOc1cccc(F)c1. The Bertz CT molecular complexity index is 453. The molecule has 5 heteroatoms. The molecular formula is C15H21FN2O2. The molecule has 0 unspecified atom stereocenters. The largest absolute Gasteiger partial charge is 0.492 e. The number of amides is 1. The van der Waals surface area contributed by atoms with Crippen LogP contribution in [0.4, 0.5) is 4.39 Å². The molecule has 1 aliphatic carbocycles. The Morgan fingerprint density at radius 1 is 1.45 bits per heavy atom. The first-order chi connectivity index (χ1) is 9.65. The Balaban J connectivity index is 1.62. The molecule has 1 aliphatic rings. The second kappa shape index (κ2) is 7.24. The molecule has 0 radical (unpaired) electrons. The van der Waals surface area contributed by atoms with Gasteiger partial charge in [-0.15, -0.1) is 0 Å². The van der Waals surface area contributed by atoms with E-state index in [1.807, 2.05) is 0 Å². The maximum absolute atomic E-state index is 12.9. The fourth-order valence-electron chi connectivity index (χ4n) is 2.55. The second-order valence-corrected chi connectivity index (χ2v) is 5.21. The monoisotopic (exact) mass is 280 g/mol. The van der Waals surface area contributed by atoms with Crippen LogP contribution in [-0.2, 0) is 4.79 Å². The summed E-state index contributed by atoms with van der Waals surface area (Å²) in [6.07, 6.45) is 3.65. The van der Waals surface area contributed by atoms with E-state index in [0.717, 1.165) is 19.3 Å². The normalized spacial score (nSPS) is 21.7. The van der Waals surface area contributed by atoms with Crippen molar-refractivity contribution in [2.45, 2.75) is 31.7 Å². The lowest BCUT2D eigenvalue weighted by Crippen LogP contribution is -2.33. The van der Waals surface area contributed by atoms with Crippen molar-refractivity contribution in [2.75, 3.05) is 13.2 Å². The third-order valence-electron chi connectivity index (χ3n) is 3.65. The summed E-state index contributed by atoms with van der Waals surface area (Å²) in [5.41, 5.74) is 5.93. The van der Waals surface area contributed by atoms with E-state index in [9.17, 15) is 9.18 Å². The van der Waals surface area contributed by atoms with Crippen molar-refractivity contribution in [3.05, 3.63) is 30.1 Å². The molecule has 2 atom stereocenters. The molecule has 3 N–H and O–H groups in total. The summed E-state index contributed by atoms with van der Waals surface area (Å²) in [5.74, 6) is 0.452. The number of halogens is 1. The van der Waals surface area contributed by atoms with Crippen LogP contribution in [0.5, 0.6) is 5.75 Å². The first-order valence-electron chi connectivity index (χ1n) is 7.06. The number of hydrogen-bond acceptors (Lipinski definition) is 3. The number of rotatable bonds is 6. The lowest BCUT2D eigenvalue weighted by Gasteiger charge is -2.14. The fourth-order valence-corrected chi connectivity index (χ4v) is 2.55. The summed E-state index contributed by atoms with van der Waals surface area (Å²) in [7, 11) is 0. The molecule has 0 spiro atoms. The Morgan fingerprint density at radius 2 is 2.30 bits per heavy atom. The van der Waals surface area contributed by atoms with Crippen LogP contribution < -0.4 is 15.8 Å². The lowest BCUT2D eigenvalue weighted by molar-refractivity contribution is -0.122. The minimum absolute atomic E-state index is 0.00944. The van der Waals surface area contributed by atoms with Crippen molar-refractivity contribution in [3.8, 4) is 5.75 Å². The van der Waals surface area contributed by atoms with E-state index in [4.69, 9.17) is 10.5 Å². The number of benzene rings is 1. The topological polar surface area (TPSA) is 64.4 Å². The van der Waals surface area contributed by atoms with Gasteiger partial charge in [-0.05, 0) is 30.9 Å². The van der Waals surface area contributed by atoms with Crippen molar-refractivity contribution in [2.24, 2.45) is 11.7 Å². The molecule has 0 aliphatic heterocycles. The average Bonchev–Trinajstić information content (AvgIpc) is 2.80.